The summed E-state index contributed by atoms with van der Waals surface area (Å²) in [6.45, 7) is 8.21. The Hall–Kier alpha value is -5.30. The van der Waals surface area contributed by atoms with Crippen molar-refractivity contribution in [2.45, 2.75) is 44.9 Å². The number of hydrogen-bond acceptors (Lipinski definition) is 6. The molecule has 3 N–H and O–H groups in total. The Morgan fingerprint density at radius 3 is 1.27 bits per heavy atom. The van der Waals surface area contributed by atoms with Crippen LogP contribution in [0.3, 0.4) is 0 Å². The molecule has 0 heterocycles. The smallest absolute Gasteiger partial charge is 0.253 e. The Morgan fingerprint density at radius 2 is 0.896 bits per heavy atom. The SMILES string of the molecule is CC(C)C(C(=O)CCNc1c(NCNC(=O)C(c2ccccc2)(c2ccccc2)C(C)C)c(=O)c1=O)(c1ccccc1)c1ccccc1. The summed E-state index contributed by atoms with van der Waals surface area (Å²) >= 11 is 0. The normalized spacial score (nSPS) is 11.9. The molecule has 0 fully saturated rings. The van der Waals surface area contributed by atoms with E-state index >= 15 is 0 Å². The molecule has 0 unspecified atom stereocenters. The molecule has 7 heteroatoms. The molecule has 0 bridgehead atoms. The summed E-state index contributed by atoms with van der Waals surface area (Å²) in [5, 5.41) is 8.98. The molecule has 0 aliphatic heterocycles. The molecule has 0 aliphatic rings. The lowest BCUT2D eigenvalue weighted by Crippen LogP contribution is -2.50. The maximum absolute atomic E-state index is 14.2. The van der Waals surface area contributed by atoms with Crippen LogP contribution in [0.1, 0.15) is 56.4 Å². The van der Waals surface area contributed by atoms with Crippen molar-refractivity contribution in [2.24, 2.45) is 11.8 Å². The summed E-state index contributed by atoms with van der Waals surface area (Å²) in [5.74, 6) is -0.373. The number of hydrogen-bond donors (Lipinski definition) is 3. The number of anilines is 2. The van der Waals surface area contributed by atoms with Crippen molar-refractivity contribution in [2.75, 3.05) is 23.8 Å². The van der Waals surface area contributed by atoms with Gasteiger partial charge in [0.15, 0.2) is 0 Å². The van der Waals surface area contributed by atoms with Crippen molar-refractivity contribution in [1.82, 2.24) is 5.32 Å². The topological polar surface area (TPSA) is 104 Å². The summed E-state index contributed by atoms with van der Waals surface area (Å²) in [7, 11) is 0. The lowest BCUT2D eigenvalue weighted by Gasteiger charge is -2.38. The second-order valence-electron chi connectivity index (χ2n) is 12.8. The monoisotopic (exact) mass is 641 g/mol. The van der Waals surface area contributed by atoms with Gasteiger partial charge in [-0.2, -0.15) is 0 Å². The number of carbonyl (C=O) groups excluding carboxylic acids is 2. The van der Waals surface area contributed by atoms with Gasteiger partial charge in [-0.15, -0.1) is 0 Å². The van der Waals surface area contributed by atoms with Crippen molar-refractivity contribution in [1.29, 1.82) is 0 Å². The summed E-state index contributed by atoms with van der Waals surface area (Å²) in [5.41, 5.74) is 0.567. The molecule has 0 spiro atoms. The molecule has 246 valence electrons. The average Bonchev–Trinajstić information content (AvgIpc) is 3.11. The van der Waals surface area contributed by atoms with E-state index in [1.807, 2.05) is 149 Å². The highest BCUT2D eigenvalue weighted by Gasteiger charge is 2.45. The van der Waals surface area contributed by atoms with Gasteiger partial charge in [-0.3, -0.25) is 19.2 Å². The van der Waals surface area contributed by atoms with Crippen LogP contribution in [0.2, 0.25) is 0 Å². The molecular weight excluding hydrogens is 598 g/mol. The van der Waals surface area contributed by atoms with Gasteiger partial charge >= 0.3 is 0 Å². The number of rotatable bonds is 15. The summed E-state index contributed by atoms with van der Waals surface area (Å²) < 4.78 is 0. The fourth-order valence-corrected chi connectivity index (χ4v) is 7.22. The Morgan fingerprint density at radius 1 is 0.542 bits per heavy atom. The third-order valence-corrected chi connectivity index (χ3v) is 9.52. The maximum Gasteiger partial charge on any atom is 0.253 e. The number of ketones is 1. The van der Waals surface area contributed by atoms with Crippen molar-refractivity contribution < 1.29 is 9.59 Å². The number of amides is 1. The highest BCUT2D eigenvalue weighted by atomic mass is 16.2. The first kappa shape index (κ1) is 34.0. The molecular formula is C41H43N3O4. The van der Waals surface area contributed by atoms with Gasteiger partial charge in [0, 0.05) is 13.0 Å². The van der Waals surface area contributed by atoms with Crippen LogP contribution in [0.4, 0.5) is 11.4 Å². The Kier molecular flexibility index (Phi) is 10.4. The second-order valence-corrected chi connectivity index (χ2v) is 12.8. The van der Waals surface area contributed by atoms with Gasteiger partial charge in [0.05, 0.1) is 12.1 Å². The Bertz CT molecular complexity index is 1680. The van der Waals surface area contributed by atoms with Gasteiger partial charge in [0.25, 0.3) is 10.9 Å². The van der Waals surface area contributed by atoms with Crippen molar-refractivity contribution in [3.63, 3.8) is 0 Å². The van der Waals surface area contributed by atoms with E-state index in [9.17, 15) is 19.2 Å². The van der Waals surface area contributed by atoms with Crippen molar-refractivity contribution in [3.8, 4) is 0 Å². The van der Waals surface area contributed by atoms with Gasteiger partial charge in [-0.1, -0.05) is 149 Å². The van der Waals surface area contributed by atoms with E-state index in [4.69, 9.17) is 0 Å². The predicted octanol–water partition coefficient (Wildman–Crippen LogP) is 6.42. The van der Waals surface area contributed by atoms with Crippen LogP contribution in [0.25, 0.3) is 0 Å². The maximum atomic E-state index is 14.2. The molecule has 0 aromatic heterocycles. The van der Waals surface area contributed by atoms with Crippen LogP contribution < -0.4 is 26.8 Å². The van der Waals surface area contributed by atoms with E-state index in [1.165, 1.54) is 0 Å². The van der Waals surface area contributed by atoms with E-state index in [0.29, 0.717) is 0 Å². The lowest BCUT2D eigenvalue weighted by molar-refractivity contribution is -0.126. The molecule has 0 aliphatic carbocycles. The van der Waals surface area contributed by atoms with Gasteiger partial charge in [-0.25, -0.2) is 0 Å². The van der Waals surface area contributed by atoms with E-state index in [0.717, 1.165) is 22.3 Å². The fourth-order valence-electron chi connectivity index (χ4n) is 7.22. The van der Waals surface area contributed by atoms with Gasteiger partial charge in [-0.05, 0) is 34.1 Å². The summed E-state index contributed by atoms with van der Waals surface area (Å²) in [6.07, 6.45) is 0.127. The molecule has 5 aromatic carbocycles. The standard InChI is InChI=1S/C41H43N3O4/c1-28(2)40(30-17-9-5-10-18-30,31-19-11-6-12-20-31)34(45)25-26-42-35-36(38(47)37(35)46)43-27-44-39(48)41(29(3)4,32-21-13-7-14-22-32)33-23-15-8-16-24-33/h5-24,28-29,42-43H,25-27H2,1-4H3,(H,44,48). The van der Waals surface area contributed by atoms with Gasteiger partial charge < -0.3 is 16.0 Å². The molecule has 7 nitrogen and oxygen atoms in total. The molecule has 5 aromatic rings. The van der Waals surface area contributed by atoms with Crippen LogP contribution in [-0.4, -0.2) is 24.9 Å². The minimum absolute atomic E-state index is 0.00900. The molecule has 0 saturated heterocycles. The number of nitrogens with one attached hydrogen (secondary N) is 3. The van der Waals surface area contributed by atoms with Crippen LogP contribution in [0.15, 0.2) is 131 Å². The number of benzene rings is 4. The van der Waals surface area contributed by atoms with Crippen LogP contribution in [0, 0.1) is 11.8 Å². The first-order valence-electron chi connectivity index (χ1n) is 16.5. The minimum atomic E-state index is -0.986. The second kappa shape index (κ2) is 14.6. The Labute approximate surface area is 282 Å². The number of Topliss-reactive ketones (excluding diaryl/α,β-unsaturated/α-hetero) is 1. The van der Waals surface area contributed by atoms with Crippen LogP contribution >= 0.6 is 0 Å². The van der Waals surface area contributed by atoms with Crippen LogP contribution in [-0.2, 0) is 20.4 Å². The molecule has 0 atom stereocenters. The average molecular weight is 642 g/mol. The Balaban J connectivity index is 1.31. The minimum Gasteiger partial charge on any atom is -0.380 e. The third-order valence-electron chi connectivity index (χ3n) is 9.52. The zero-order valence-electron chi connectivity index (χ0n) is 28.0. The van der Waals surface area contributed by atoms with E-state index in [2.05, 4.69) is 16.0 Å². The molecule has 0 saturated carbocycles. The highest BCUT2D eigenvalue weighted by molar-refractivity contribution is 5.95. The van der Waals surface area contributed by atoms with E-state index < -0.39 is 21.7 Å². The highest BCUT2D eigenvalue weighted by Crippen LogP contribution is 2.42. The quantitative estimate of drug-likeness (QED) is 0.0900. The van der Waals surface area contributed by atoms with Gasteiger partial charge in [0.2, 0.25) is 5.91 Å². The molecule has 1 amide bonds. The third kappa shape index (κ3) is 6.08. The van der Waals surface area contributed by atoms with Crippen LogP contribution in [0.5, 0.6) is 0 Å². The summed E-state index contributed by atoms with van der Waals surface area (Å²) in [4.78, 5) is 53.5. The molecule has 48 heavy (non-hydrogen) atoms. The van der Waals surface area contributed by atoms with Crippen molar-refractivity contribution >= 4 is 23.1 Å². The fraction of sp³-hybridized carbons (Fsp3) is 0.268. The first-order chi connectivity index (χ1) is 23.2. The van der Waals surface area contributed by atoms with E-state index in [1.54, 1.807) is 0 Å². The van der Waals surface area contributed by atoms with Crippen molar-refractivity contribution in [3.05, 3.63) is 164 Å². The summed E-state index contributed by atoms with van der Waals surface area (Å²) in [6, 6.07) is 38.8. The van der Waals surface area contributed by atoms with E-state index in [-0.39, 0.29) is 54.5 Å². The lowest BCUT2D eigenvalue weighted by atomic mass is 9.63. The number of carbonyl (C=O) groups is 2. The molecule has 5 rings (SSSR count). The zero-order valence-corrected chi connectivity index (χ0v) is 28.0. The predicted molar refractivity (Wildman–Crippen MR) is 193 cm³/mol. The van der Waals surface area contributed by atoms with Gasteiger partial charge in [0.1, 0.15) is 22.6 Å². The zero-order chi connectivity index (χ0) is 34.3. The first-order valence-corrected chi connectivity index (χ1v) is 16.5. The molecule has 0 radical (unpaired) electrons. The largest absolute Gasteiger partial charge is 0.380 e.